The van der Waals surface area contributed by atoms with Crippen LogP contribution >= 0.6 is 23.1 Å². The summed E-state index contributed by atoms with van der Waals surface area (Å²) < 4.78 is 0. The van der Waals surface area contributed by atoms with Crippen LogP contribution in [0.2, 0.25) is 0 Å². The first-order chi connectivity index (χ1) is 12.1. The Kier molecular flexibility index (Phi) is 4.47. The summed E-state index contributed by atoms with van der Waals surface area (Å²) in [6.45, 7) is 0.400. The number of benzene rings is 1. The Labute approximate surface area is 154 Å². The largest absolute Gasteiger partial charge is 0.312 e. The number of carbonyl (C=O) groups is 2. The lowest BCUT2D eigenvalue weighted by Gasteiger charge is -2.16. The maximum atomic E-state index is 12.5. The molecule has 1 aromatic heterocycles. The second kappa shape index (κ2) is 6.76. The van der Waals surface area contributed by atoms with Crippen molar-refractivity contribution in [1.29, 1.82) is 0 Å². The monoisotopic (exact) mass is 374 g/mol. The number of amides is 2. The number of carbonyl (C=O) groups excluding carboxylic acids is 2. The standard InChI is InChI=1S/C17H18N4O2S2/c1-24-13-6-4-12(5-7-13)21-9-11(8-14(21)22)15(23)18-17-20-19-16(25-17)10-2-3-10/h4-7,10-11H,2-3,8-9H2,1H3,(H,18,20,23). The highest BCUT2D eigenvalue weighted by atomic mass is 32.2. The van der Waals surface area contributed by atoms with Crippen molar-refractivity contribution in [3.05, 3.63) is 29.3 Å². The van der Waals surface area contributed by atoms with E-state index in [9.17, 15) is 9.59 Å². The summed E-state index contributed by atoms with van der Waals surface area (Å²) in [7, 11) is 0. The highest BCUT2D eigenvalue weighted by Gasteiger charge is 2.36. The van der Waals surface area contributed by atoms with Crippen LogP contribution in [0.25, 0.3) is 0 Å². The van der Waals surface area contributed by atoms with Crippen LogP contribution in [-0.2, 0) is 9.59 Å². The van der Waals surface area contributed by atoms with E-state index < -0.39 is 0 Å². The summed E-state index contributed by atoms with van der Waals surface area (Å²) >= 11 is 3.09. The number of anilines is 2. The van der Waals surface area contributed by atoms with Gasteiger partial charge in [0.1, 0.15) is 5.01 Å². The minimum absolute atomic E-state index is 0.0204. The number of hydrogen-bond donors (Lipinski definition) is 1. The molecule has 0 spiro atoms. The van der Waals surface area contributed by atoms with Crippen LogP contribution in [-0.4, -0.2) is 34.8 Å². The molecule has 1 unspecified atom stereocenters. The Bertz CT molecular complexity index is 801. The third-order valence-electron chi connectivity index (χ3n) is 4.48. The average Bonchev–Trinajstić information content (AvgIpc) is 3.25. The van der Waals surface area contributed by atoms with Crippen molar-refractivity contribution in [2.24, 2.45) is 5.92 Å². The summed E-state index contributed by atoms with van der Waals surface area (Å²) in [5.74, 6) is -0.0139. The fourth-order valence-electron chi connectivity index (χ4n) is 2.88. The van der Waals surface area contributed by atoms with E-state index in [1.807, 2.05) is 30.5 Å². The maximum Gasteiger partial charge on any atom is 0.231 e. The van der Waals surface area contributed by atoms with Crippen LogP contribution in [0.1, 0.15) is 30.2 Å². The molecule has 2 heterocycles. The zero-order valence-corrected chi connectivity index (χ0v) is 15.4. The van der Waals surface area contributed by atoms with Gasteiger partial charge < -0.3 is 10.2 Å². The van der Waals surface area contributed by atoms with Crippen LogP contribution < -0.4 is 10.2 Å². The minimum atomic E-state index is -0.360. The molecule has 1 aromatic carbocycles. The van der Waals surface area contributed by atoms with E-state index in [0.717, 1.165) is 28.4 Å². The number of hydrogen-bond acceptors (Lipinski definition) is 6. The van der Waals surface area contributed by atoms with Gasteiger partial charge in [0.25, 0.3) is 0 Å². The van der Waals surface area contributed by atoms with E-state index in [0.29, 0.717) is 17.6 Å². The molecule has 6 nitrogen and oxygen atoms in total. The molecule has 130 valence electrons. The first kappa shape index (κ1) is 16.5. The molecule has 1 saturated heterocycles. The molecule has 1 aliphatic carbocycles. The quantitative estimate of drug-likeness (QED) is 0.814. The van der Waals surface area contributed by atoms with E-state index in [1.54, 1.807) is 16.7 Å². The Morgan fingerprint density at radius 2 is 2.04 bits per heavy atom. The predicted molar refractivity (Wildman–Crippen MR) is 99.2 cm³/mol. The van der Waals surface area contributed by atoms with E-state index in [4.69, 9.17) is 0 Å². The number of nitrogens with one attached hydrogen (secondary N) is 1. The molecule has 25 heavy (non-hydrogen) atoms. The van der Waals surface area contributed by atoms with Gasteiger partial charge in [0.05, 0.1) is 5.92 Å². The molecule has 1 N–H and O–H groups in total. The van der Waals surface area contributed by atoms with Gasteiger partial charge in [-0.15, -0.1) is 22.0 Å². The highest BCUT2D eigenvalue weighted by molar-refractivity contribution is 7.98. The number of rotatable bonds is 5. The third-order valence-corrected chi connectivity index (χ3v) is 6.22. The highest BCUT2D eigenvalue weighted by Crippen LogP contribution is 2.42. The number of thioether (sulfide) groups is 1. The van der Waals surface area contributed by atoms with Crippen LogP contribution in [0.15, 0.2) is 29.2 Å². The van der Waals surface area contributed by atoms with Gasteiger partial charge in [-0.2, -0.15) is 0 Å². The van der Waals surface area contributed by atoms with Crippen molar-refractivity contribution in [2.75, 3.05) is 23.0 Å². The second-order valence-electron chi connectivity index (χ2n) is 6.31. The van der Waals surface area contributed by atoms with Gasteiger partial charge in [0.2, 0.25) is 16.9 Å². The molecule has 1 aliphatic heterocycles. The summed E-state index contributed by atoms with van der Waals surface area (Å²) in [6, 6.07) is 7.83. The van der Waals surface area contributed by atoms with Crippen molar-refractivity contribution in [2.45, 2.75) is 30.1 Å². The molecule has 4 rings (SSSR count). The van der Waals surface area contributed by atoms with Crippen LogP contribution in [0, 0.1) is 5.92 Å². The van der Waals surface area contributed by atoms with Gasteiger partial charge in [-0.1, -0.05) is 11.3 Å². The number of nitrogens with zero attached hydrogens (tertiary/aromatic N) is 3. The predicted octanol–water partition coefficient (Wildman–Crippen LogP) is 3.13. The fourth-order valence-corrected chi connectivity index (χ4v) is 4.21. The van der Waals surface area contributed by atoms with Gasteiger partial charge in [-0.25, -0.2) is 0 Å². The first-order valence-electron chi connectivity index (χ1n) is 8.22. The van der Waals surface area contributed by atoms with Crippen molar-refractivity contribution in [3.8, 4) is 0 Å². The van der Waals surface area contributed by atoms with Crippen LogP contribution in [0.3, 0.4) is 0 Å². The molecule has 2 fully saturated rings. The normalized spacial score (nSPS) is 20.1. The molecule has 2 amide bonds. The Balaban J connectivity index is 1.40. The van der Waals surface area contributed by atoms with Crippen molar-refractivity contribution >= 4 is 45.7 Å². The van der Waals surface area contributed by atoms with Gasteiger partial charge in [-0.05, 0) is 43.4 Å². The molecule has 2 aliphatic rings. The second-order valence-corrected chi connectivity index (χ2v) is 8.20. The van der Waals surface area contributed by atoms with Crippen LogP contribution in [0.4, 0.5) is 10.8 Å². The van der Waals surface area contributed by atoms with E-state index in [1.165, 1.54) is 11.3 Å². The Morgan fingerprint density at radius 3 is 2.72 bits per heavy atom. The van der Waals surface area contributed by atoms with Gasteiger partial charge in [0, 0.05) is 29.5 Å². The molecule has 1 atom stereocenters. The van der Waals surface area contributed by atoms with Crippen molar-refractivity contribution in [1.82, 2.24) is 10.2 Å². The maximum absolute atomic E-state index is 12.5. The Morgan fingerprint density at radius 1 is 1.28 bits per heavy atom. The zero-order chi connectivity index (χ0) is 17.4. The smallest absolute Gasteiger partial charge is 0.231 e. The lowest BCUT2D eigenvalue weighted by molar-refractivity contribution is -0.122. The van der Waals surface area contributed by atoms with Crippen LogP contribution in [0.5, 0.6) is 0 Å². The fraction of sp³-hybridized carbons (Fsp3) is 0.412. The molecular weight excluding hydrogens is 356 g/mol. The molecule has 8 heteroatoms. The topological polar surface area (TPSA) is 75.2 Å². The van der Waals surface area contributed by atoms with E-state index >= 15 is 0 Å². The molecule has 1 saturated carbocycles. The van der Waals surface area contributed by atoms with Gasteiger partial charge >= 0.3 is 0 Å². The molecular formula is C17H18N4O2S2. The molecule has 2 aromatic rings. The summed E-state index contributed by atoms with van der Waals surface area (Å²) in [5, 5.41) is 12.5. The van der Waals surface area contributed by atoms with Crippen molar-refractivity contribution < 1.29 is 9.59 Å². The van der Waals surface area contributed by atoms with Gasteiger partial charge in [0.15, 0.2) is 0 Å². The summed E-state index contributed by atoms with van der Waals surface area (Å²) in [4.78, 5) is 27.6. The Hall–Kier alpha value is -1.93. The first-order valence-corrected chi connectivity index (χ1v) is 10.3. The lowest BCUT2D eigenvalue weighted by Crippen LogP contribution is -2.28. The van der Waals surface area contributed by atoms with Crippen molar-refractivity contribution in [3.63, 3.8) is 0 Å². The SMILES string of the molecule is CSc1ccc(N2CC(C(=O)Nc3nnc(C4CC4)s3)CC2=O)cc1. The summed E-state index contributed by atoms with van der Waals surface area (Å²) in [5.41, 5.74) is 0.838. The molecule has 0 bridgehead atoms. The third kappa shape index (κ3) is 3.55. The van der Waals surface area contributed by atoms with E-state index in [2.05, 4.69) is 15.5 Å². The van der Waals surface area contributed by atoms with E-state index in [-0.39, 0.29) is 24.2 Å². The average molecular weight is 374 g/mol. The lowest BCUT2D eigenvalue weighted by atomic mass is 10.1. The number of aromatic nitrogens is 2. The van der Waals surface area contributed by atoms with Gasteiger partial charge in [-0.3, -0.25) is 9.59 Å². The summed E-state index contributed by atoms with van der Waals surface area (Å²) in [6.07, 6.45) is 4.55. The minimum Gasteiger partial charge on any atom is -0.312 e. The molecule has 0 radical (unpaired) electrons. The zero-order valence-electron chi connectivity index (χ0n) is 13.8.